The van der Waals surface area contributed by atoms with Crippen LogP contribution in [-0.4, -0.2) is 32.8 Å². The molecule has 7 heteroatoms. The van der Waals surface area contributed by atoms with Crippen LogP contribution in [0.15, 0.2) is 15.3 Å². The standard InChI is InChI=1S/C24H32O7/c1-6-7-8-15(25)13-11-18(27)31-23-19(13)22-14(10-17(30-22)24(4,5)29)21(28)20(23)16(26)9-12(2)3/h11-12,15,17,25,28-29H,6-10H2,1-5H3. The lowest BCUT2D eigenvalue weighted by molar-refractivity contribution is -0.0225. The number of benzene rings is 1. The van der Waals surface area contributed by atoms with Gasteiger partial charge in [-0.1, -0.05) is 33.6 Å². The van der Waals surface area contributed by atoms with Crippen molar-refractivity contribution in [2.24, 2.45) is 5.92 Å². The molecule has 2 unspecified atom stereocenters. The lowest BCUT2D eigenvalue weighted by atomic mass is 9.90. The van der Waals surface area contributed by atoms with E-state index >= 15 is 0 Å². The highest BCUT2D eigenvalue weighted by molar-refractivity contribution is 6.11. The minimum atomic E-state index is -1.21. The Morgan fingerprint density at radius 1 is 1.32 bits per heavy atom. The molecule has 1 aromatic heterocycles. The monoisotopic (exact) mass is 432 g/mol. The smallest absolute Gasteiger partial charge is 0.336 e. The Bertz CT molecular complexity index is 1040. The molecule has 2 aromatic rings. The van der Waals surface area contributed by atoms with Gasteiger partial charge in [0.15, 0.2) is 11.4 Å². The number of aliphatic hydroxyl groups is 2. The summed E-state index contributed by atoms with van der Waals surface area (Å²) in [7, 11) is 0. The van der Waals surface area contributed by atoms with Crippen LogP contribution >= 0.6 is 0 Å². The van der Waals surface area contributed by atoms with Crippen molar-refractivity contribution in [2.75, 3.05) is 0 Å². The number of Topliss-reactive ketones (excluding diaryl/α,β-unsaturated/α-hetero) is 1. The zero-order valence-corrected chi connectivity index (χ0v) is 18.8. The van der Waals surface area contributed by atoms with Gasteiger partial charge < -0.3 is 24.5 Å². The van der Waals surface area contributed by atoms with Gasteiger partial charge in [0.25, 0.3) is 0 Å². The second-order valence-corrected chi connectivity index (χ2v) is 9.40. The molecule has 0 aliphatic carbocycles. The summed E-state index contributed by atoms with van der Waals surface area (Å²) in [5, 5.41) is 32.7. The molecule has 1 aromatic carbocycles. The minimum Gasteiger partial charge on any atom is -0.507 e. The average molecular weight is 433 g/mol. The van der Waals surface area contributed by atoms with Gasteiger partial charge in [0.05, 0.1) is 17.1 Å². The number of ether oxygens (including phenoxy) is 1. The fourth-order valence-electron chi connectivity index (χ4n) is 4.07. The third kappa shape index (κ3) is 4.48. The number of hydrogen-bond acceptors (Lipinski definition) is 7. The van der Waals surface area contributed by atoms with E-state index in [0.717, 1.165) is 12.8 Å². The van der Waals surface area contributed by atoms with Crippen molar-refractivity contribution in [1.82, 2.24) is 0 Å². The number of ketones is 1. The Labute approximate surface area is 181 Å². The molecule has 0 radical (unpaired) electrons. The summed E-state index contributed by atoms with van der Waals surface area (Å²) in [5.41, 5.74) is -1.37. The van der Waals surface area contributed by atoms with Gasteiger partial charge in [-0.2, -0.15) is 0 Å². The van der Waals surface area contributed by atoms with E-state index < -0.39 is 23.4 Å². The van der Waals surface area contributed by atoms with Gasteiger partial charge in [-0.15, -0.1) is 0 Å². The summed E-state index contributed by atoms with van der Waals surface area (Å²) >= 11 is 0. The van der Waals surface area contributed by atoms with Crippen LogP contribution in [0.1, 0.15) is 87.9 Å². The van der Waals surface area contributed by atoms with Crippen LogP contribution in [0.5, 0.6) is 11.5 Å². The predicted octanol–water partition coefficient (Wildman–Crippen LogP) is 4.03. The summed E-state index contributed by atoms with van der Waals surface area (Å²) in [5.74, 6) is -0.366. The fourth-order valence-corrected chi connectivity index (χ4v) is 4.07. The first-order chi connectivity index (χ1) is 14.5. The molecule has 0 saturated heterocycles. The number of aromatic hydroxyl groups is 1. The fraction of sp³-hybridized carbons (Fsp3) is 0.583. The lowest BCUT2D eigenvalue weighted by Crippen LogP contribution is -2.39. The highest BCUT2D eigenvalue weighted by Gasteiger charge is 2.40. The SMILES string of the molecule is CCCCC(O)c1cc(=O)oc2c(C(=O)CC(C)C)c(O)c3c(c12)OC(C(C)(C)O)C3. The van der Waals surface area contributed by atoms with Gasteiger partial charge in [-0.3, -0.25) is 4.79 Å². The summed E-state index contributed by atoms with van der Waals surface area (Å²) < 4.78 is 11.4. The van der Waals surface area contributed by atoms with Gasteiger partial charge in [-0.25, -0.2) is 4.79 Å². The van der Waals surface area contributed by atoms with E-state index in [9.17, 15) is 24.9 Å². The second-order valence-electron chi connectivity index (χ2n) is 9.40. The van der Waals surface area contributed by atoms with Crippen LogP contribution in [0.3, 0.4) is 0 Å². The number of rotatable bonds is 8. The number of carbonyl (C=O) groups is 1. The molecule has 0 bridgehead atoms. The third-order valence-electron chi connectivity index (χ3n) is 5.74. The van der Waals surface area contributed by atoms with Crippen molar-refractivity contribution >= 4 is 16.8 Å². The molecular formula is C24H32O7. The van der Waals surface area contributed by atoms with Gasteiger partial charge in [-0.05, 0) is 26.2 Å². The molecule has 3 N–H and O–H groups in total. The van der Waals surface area contributed by atoms with Gasteiger partial charge >= 0.3 is 5.63 Å². The molecule has 1 aliphatic rings. The molecular weight excluding hydrogens is 400 g/mol. The number of carbonyl (C=O) groups excluding carboxylic acids is 1. The molecule has 1 aliphatic heterocycles. The van der Waals surface area contributed by atoms with Crippen molar-refractivity contribution in [3.8, 4) is 11.5 Å². The number of fused-ring (bicyclic) bond motifs is 3. The summed E-state index contributed by atoms with van der Waals surface area (Å²) in [6, 6.07) is 1.22. The second kappa shape index (κ2) is 8.63. The van der Waals surface area contributed by atoms with Crippen molar-refractivity contribution in [1.29, 1.82) is 0 Å². The third-order valence-corrected chi connectivity index (χ3v) is 5.74. The first-order valence-electron chi connectivity index (χ1n) is 10.9. The normalized spacial score (nSPS) is 17.1. The van der Waals surface area contributed by atoms with E-state index in [2.05, 4.69) is 0 Å². The molecule has 2 atom stereocenters. The van der Waals surface area contributed by atoms with E-state index in [4.69, 9.17) is 9.15 Å². The summed E-state index contributed by atoms with van der Waals surface area (Å²) in [6.45, 7) is 8.97. The largest absolute Gasteiger partial charge is 0.507 e. The Morgan fingerprint density at radius 2 is 2.00 bits per heavy atom. The van der Waals surface area contributed by atoms with Crippen LogP contribution < -0.4 is 10.4 Å². The lowest BCUT2D eigenvalue weighted by Gasteiger charge is -2.25. The van der Waals surface area contributed by atoms with Crippen LogP contribution in [-0.2, 0) is 6.42 Å². The number of unbranched alkanes of at least 4 members (excludes halogenated alkanes) is 1. The number of phenols is 1. The molecule has 2 heterocycles. The maximum absolute atomic E-state index is 13.1. The van der Waals surface area contributed by atoms with Gasteiger partial charge in [0.1, 0.15) is 23.2 Å². The van der Waals surface area contributed by atoms with E-state index in [1.54, 1.807) is 13.8 Å². The van der Waals surface area contributed by atoms with Crippen molar-refractivity contribution in [3.05, 3.63) is 33.2 Å². The van der Waals surface area contributed by atoms with E-state index in [0.29, 0.717) is 22.9 Å². The first-order valence-corrected chi connectivity index (χ1v) is 10.9. The van der Waals surface area contributed by atoms with Crippen molar-refractivity contribution < 1.29 is 29.3 Å². The molecule has 31 heavy (non-hydrogen) atoms. The summed E-state index contributed by atoms with van der Waals surface area (Å²) in [4.78, 5) is 25.4. The maximum atomic E-state index is 13.1. The van der Waals surface area contributed by atoms with Crippen molar-refractivity contribution in [3.63, 3.8) is 0 Å². The van der Waals surface area contributed by atoms with Crippen molar-refractivity contribution in [2.45, 2.75) is 84.5 Å². The quantitative estimate of drug-likeness (QED) is 0.426. The maximum Gasteiger partial charge on any atom is 0.336 e. The minimum absolute atomic E-state index is 0.0284. The molecule has 0 saturated carbocycles. The van der Waals surface area contributed by atoms with Gasteiger partial charge in [0, 0.05) is 30.0 Å². The Morgan fingerprint density at radius 3 is 2.58 bits per heavy atom. The van der Waals surface area contributed by atoms with Crippen LogP contribution in [0.25, 0.3) is 11.0 Å². The number of phenolic OH excluding ortho intramolecular Hbond substituents is 1. The van der Waals surface area contributed by atoms with E-state index in [-0.39, 0.29) is 47.2 Å². The highest BCUT2D eigenvalue weighted by Crippen LogP contribution is 2.48. The number of hydrogen-bond donors (Lipinski definition) is 3. The summed E-state index contributed by atoms with van der Waals surface area (Å²) in [6.07, 6.45) is 0.753. The zero-order chi connectivity index (χ0) is 23.1. The highest BCUT2D eigenvalue weighted by atomic mass is 16.5. The first kappa shape index (κ1) is 23.3. The van der Waals surface area contributed by atoms with Crippen LogP contribution in [0, 0.1) is 5.92 Å². The van der Waals surface area contributed by atoms with Crippen LogP contribution in [0.2, 0.25) is 0 Å². The number of aliphatic hydroxyl groups excluding tert-OH is 1. The molecule has 0 fully saturated rings. The molecule has 7 nitrogen and oxygen atoms in total. The Hall–Kier alpha value is -2.38. The molecule has 0 amide bonds. The Balaban J connectivity index is 2.35. The Kier molecular flexibility index (Phi) is 6.48. The molecule has 3 rings (SSSR count). The van der Waals surface area contributed by atoms with Gasteiger partial charge in [0.2, 0.25) is 0 Å². The molecule has 0 spiro atoms. The zero-order valence-electron chi connectivity index (χ0n) is 18.8. The van der Waals surface area contributed by atoms with Crippen LogP contribution in [0.4, 0.5) is 0 Å². The average Bonchev–Trinajstić information content (AvgIpc) is 3.11. The molecule has 170 valence electrons. The topological polar surface area (TPSA) is 117 Å². The predicted molar refractivity (Wildman–Crippen MR) is 117 cm³/mol. The van der Waals surface area contributed by atoms with E-state index in [1.165, 1.54) is 6.07 Å². The van der Waals surface area contributed by atoms with E-state index in [1.807, 2.05) is 20.8 Å².